The summed E-state index contributed by atoms with van der Waals surface area (Å²) in [5.41, 5.74) is 3.39. The van der Waals surface area contributed by atoms with E-state index in [-0.39, 0.29) is 24.3 Å². The number of Topliss-reactive ketones (excluding diaryl/α,β-unsaturated/α-hetero) is 1. The van der Waals surface area contributed by atoms with E-state index >= 15 is 0 Å². The number of nitrogens with two attached hydrogens (primary N) is 1. The molecule has 0 amide bonds. The van der Waals surface area contributed by atoms with Crippen LogP contribution in [0.3, 0.4) is 0 Å². The maximum Gasteiger partial charge on any atom is 0.143 e. The molecule has 0 heterocycles. The molecule has 0 aliphatic heterocycles. The van der Waals surface area contributed by atoms with Crippen molar-refractivity contribution in [2.24, 2.45) is 41.2 Å². The van der Waals surface area contributed by atoms with Gasteiger partial charge in [0, 0.05) is 30.8 Å². The number of fused-ring (bicyclic) bond motifs is 3. The topological polar surface area (TPSA) is 200 Å². The summed E-state index contributed by atoms with van der Waals surface area (Å²) in [5.74, 6) is -4.45. The van der Waals surface area contributed by atoms with E-state index in [1.165, 1.54) is 0 Å². The van der Waals surface area contributed by atoms with Crippen LogP contribution >= 0.6 is 0 Å². The molecule has 4 saturated carbocycles. The van der Waals surface area contributed by atoms with E-state index < -0.39 is 71.9 Å². The van der Waals surface area contributed by atoms with Gasteiger partial charge in [-0.2, -0.15) is 0 Å². The van der Waals surface area contributed by atoms with Crippen molar-refractivity contribution in [2.45, 2.75) is 80.6 Å². The molecule has 34 heavy (non-hydrogen) atoms. The molecule has 0 radical (unpaired) electrons. The lowest BCUT2D eigenvalue weighted by Crippen LogP contribution is -2.74. The fraction of sp³-hybridized carbons (Fsp3) is 0.957. The van der Waals surface area contributed by atoms with Crippen molar-refractivity contribution in [2.75, 3.05) is 20.6 Å². The van der Waals surface area contributed by atoms with Gasteiger partial charge >= 0.3 is 0 Å². The van der Waals surface area contributed by atoms with Gasteiger partial charge in [0.15, 0.2) is 0 Å². The van der Waals surface area contributed by atoms with Crippen LogP contribution in [0.15, 0.2) is 0 Å². The molecule has 4 rings (SSSR count). The number of likely N-dealkylation sites (N-methyl/N-ethyl adjacent to an activating group) is 1. The van der Waals surface area contributed by atoms with Crippen LogP contribution in [0.4, 0.5) is 0 Å². The monoisotopic (exact) mass is 487 g/mol. The van der Waals surface area contributed by atoms with Gasteiger partial charge in [0.1, 0.15) is 23.8 Å². The van der Waals surface area contributed by atoms with Crippen molar-refractivity contribution >= 4 is 5.78 Å². The number of hydrogen-bond acceptors (Lipinski definition) is 11. The van der Waals surface area contributed by atoms with Crippen LogP contribution in [0.5, 0.6) is 0 Å². The lowest BCUT2D eigenvalue weighted by atomic mass is 9.48. The summed E-state index contributed by atoms with van der Waals surface area (Å²) in [6.07, 6.45) is -6.00. The summed E-state index contributed by atoms with van der Waals surface area (Å²) in [4.78, 5) is 14.4. The van der Waals surface area contributed by atoms with Crippen LogP contribution in [-0.2, 0) is 4.79 Å². The molecule has 0 saturated heterocycles. The Morgan fingerprint density at radius 1 is 1.09 bits per heavy atom. The first-order valence-corrected chi connectivity index (χ1v) is 12.4. The normalized spacial score (nSPS) is 50.8. The first-order chi connectivity index (χ1) is 15.9. The summed E-state index contributed by atoms with van der Waals surface area (Å²) < 4.78 is 0. The quantitative estimate of drug-likeness (QED) is 0.175. The standard InChI is InChI=1S/C23H41N3O8/c1-26(2)8-15(29)25-12-3-4-13(27)17-11(12)6-9-5-10-7-14(28)18(22(24)33)21(32)23(10,34)20(31)16(9)19(17)30/h9-13,15-22,25,27,29-34H,3-8,24H2,1-2H3/t9-,10+,11?,12?,13?,15?,16?,17?,18?,19?,20?,21?,22?,23+/m1/s1. The van der Waals surface area contributed by atoms with Crippen LogP contribution in [0.25, 0.3) is 0 Å². The highest BCUT2D eigenvalue weighted by molar-refractivity contribution is 5.84. The van der Waals surface area contributed by atoms with Gasteiger partial charge < -0.3 is 46.4 Å². The van der Waals surface area contributed by atoms with Gasteiger partial charge in [0.2, 0.25) is 0 Å². The van der Waals surface area contributed by atoms with E-state index in [1.807, 2.05) is 19.0 Å². The number of rotatable bonds is 5. The molecular formula is C23H41N3O8. The molecule has 0 aromatic rings. The second-order valence-corrected chi connectivity index (χ2v) is 11.4. The Labute approximate surface area is 199 Å². The van der Waals surface area contributed by atoms with Gasteiger partial charge in [0.25, 0.3) is 0 Å². The van der Waals surface area contributed by atoms with E-state index in [1.54, 1.807) is 0 Å². The summed E-state index contributed by atoms with van der Waals surface area (Å²) in [7, 11) is 3.71. The van der Waals surface area contributed by atoms with Gasteiger partial charge in [-0.15, -0.1) is 0 Å². The molecule has 0 bridgehead atoms. The van der Waals surface area contributed by atoms with Gasteiger partial charge in [-0.05, 0) is 57.5 Å². The van der Waals surface area contributed by atoms with Gasteiger partial charge in [-0.1, -0.05) is 0 Å². The van der Waals surface area contributed by atoms with Crippen molar-refractivity contribution in [3.05, 3.63) is 0 Å². The van der Waals surface area contributed by atoms with Crippen LogP contribution < -0.4 is 11.1 Å². The van der Waals surface area contributed by atoms with Gasteiger partial charge in [0.05, 0.1) is 30.3 Å². The zero-order valence-corrected chi connectivity index (χ0v) is 19.8. The predicted octanol–water partition coefficient (Wildman–Crippen LogP) is -3.45. The Morgan fingerprint density at radius 2 is 1.76 bits per heavy atom. The molecule has 4 fully saturated rings. The molecule has 0 aromatic heterocycles. The largest absolute Gasteiger partial charge is 0.393 e. The highest BCUT2D eigenvalue weighted by Crippen LogP contribution is 2.56. The minimum Gasteiger partial charge on any atom is -0.393 e. The number of hydrogen-bond donors (Lipinski definition) is 9. The van der Waals surface area contributed by atoms with Crippen LogP contribution in [0.2, 0.25) is 0 Å². The molecule has 0 aromatic carbocycles. The number of carbonyl (C=O) groups excluding carboxylic acids is 1. The summed E-state index contributed by atoms with van der Waals surface area (Å²) in [6.45, 7) is 0.410. The molecule has 4 aliphatic carbocycles. The first kappa shape index (κ1) is 26.3. The number of carbonyl (C=O) groups is 1. The van der Waals surface area contributed by atoms with Crippen LogP contribution in [0.1, 0.15) is 32.1 Å². The maximum absolute atomic E-state index is 12.6. The zero-order valence-electron chi connectivity index (χ0n) is 19.8. The number of aliphatic hydroxyl groups excluding tert-OH is 6. The lowest BCUT2D eigenvalue weighted by molar-refractivity contribution is -0.275. The van der Waals surface area contributed by atoms with Crippen LogP contribution in [-0.4, -0.2) is 116 Å². The van der Waals surface area contributed by atoms with E-state index in [0.29, 0.717) is 32.2 Å². The summed E-state index contributed by atoms with van der Waals surface area (Å²) in [6, 6.07) is -0.146. The summed E-state index contributed by atoms with van der Waals surface area (Å²) in [5, 5.41) is 79.4. The average molecular weight is 488 g/mol. The average Bonchev–Trinajstić information content (AvgIpc) is 2.71. The molecule has 14 atom stereocenters. The highest BCUT2D eigenvalue weighted by atomic mass is 16.4. The van der Waals surface area contributed by atoms with E-state index in [0.717, 1.165) is 0 Å². The molecule has 4 aliphatic rings. The van der Waals surface area contributed by atoms with Crippen LogP contribution in [0, 0.1) is 35.5 Å². The Balaban J connectivity index is 1.60. The second kappa shape index (κ2) is 9.62. The number of nitrogens with zero attached hydrogens (tertiary/aromatic N) is 1. The SMILES string of the molecule is CN(C)CC(O)NC1CCC(O)C2C(O)C3C(O)[C@]4(O)C(O)C(C(N)O)C(=O)C[C@@H]4C[C@@H]3CC12. The van der Waals surface area contributed by atoms with Gasteiger partial charge in [-0.25, -0.2) is 0 Å². The Bertz CT molecular complexity index is 756. The minimum atomic E-state index is -2.10. The van der Waals surface area contributed by atoms with Crippen molar-refractivity contribution < 1.29 is 40.5 Å². The van der Waals surface area contributed by atoms with E-state index in [9.17, 15) is 40.5 Å². The lowest BCUT2D eigenvalue weighted by Gasteiger charge is -2.61. The molecule has 11 heteroatoms. The molecular weight excluding hydrogens is 446 g/mol. The molecule has 11 nitrogen and oxygen atoms in total. The minimum absolute atomic E-state index is 0.136. The molecule has 10 N–H and O–H groups in total. The predicted molar refractivity (Wildman–Crippen MR) is 120 cm³/mol. The molecule has 0 spiro atoms. The van der Waals surface area contributed by atoms with Crippen molar-refractivity contribution in [1.82, 2.24) is 10.2 Å². The maximum atomic E-state index is 12.6. The highest BCUT2D eigenvalue weighted by Gasteiger charge is 2.66. The molecule has 196 valence electrons. The number of nitrogens with one attached hydrogen (secondary N) is 1. The summed E-state index contributed by atoms with van der Waals surface area (Å²) >= 11 is 0. The van der Waals surface area contributed by atoms with E-state index in [2.05, 4.69) is 5.32 Å². The fourth-order valence-electron chi connectivity index (χ4n) is 7.69. The smallest absolute Gasteiger partial charge is 0.143 e. The zero-order chi connectivity index (χ0) is 25.1. The molecule has 11 unspecified atom stereocenters. The van der Waals surface area contributed by atoms with Gasteiger partial charge in [-0.3, -0.25) is 10.1 Å². The number of aliphatic hydroxyl groups is 7. The number of ketones is 1. The van der Waals surface area contributed by atoms with Crippen molar-refractivity contribution in [3.8, 4) is 0 Å². The second-order valence-electron chi connectivity index (χ2n) is 11.4. The first-order valence-electron chi connectivity index (χ1n) is 12.4. The third kappa shape index (κ3) is 4.23. The van der Waals surface area contributed by atoms with Crippen molar-refractivity contribution in [1.29, 1.82) is 0 Å². The van der Waals surface area contributed by atoms with Crippen molar-refractivity contribution in [3.63, 3.8) is 0 Å². The fourth-order valence-corrected chi connectivity index (χ4v) is 7.69. The third-order valence-corrected chi connectivity index (χ3v) is 9.16. The Hall–Kier alpha value is -0.730. The third-order valence-electron chi connectivity index (χ3n) is 9.16. The Morgan fingerprint density at radius 3 is 2.38 bits per heavy atom. The van der Waals surface area contributed by atoms with E-state index in [4.69, 9.17) is 5.73 Å². The Kier molecular flexibility index (Phi) is 7.45.